The first kappa shape index (κ1) is 37.4. The van der Waals surface area contributed by atoms with Gasteiger partial charge in [-0.3, -0.25) is 0 Å². The van der Waals surface area contributed by atoms with Gasteiger partial charge in [0.05, 0.1) is 0 Å². The minimum absolute atomic E-state index is 0. The Bertz CT molecular complexity index is 287. The van der Waals surface area contributed by atoms with Crippen LogP contribution < -0.4 is 24.0 Å². The van der Waals surface area contributed by atoms with Crippen LogP contribution in [-0.4, -0.2) is 13.6 Å². The Morgan fingerprint density at radius 3 is 0.647 bits per heavy atom. The van der Waals surface area contributed by atoms with Crippen LogP contribution in [0.1, 0.15) is 182 Å². The Labute approximate surface area is 238 Å². The van der Waals surface area contributed by atoms with Gasteiger partial charge in [-0.2, -0.15) is 0 Å². The van der Waals surface area contributed by atoms with E-state index in [1.165, 1.54) is 128 Å². The standard InChI is InChI=1S/C32H68As.HI/c1-5-9-13-17-21-25-29-33(30-26-22-18-14-10-6-2,31-27-23-19-15-11-7-3)32-28-24-20-16-12-8-4;/h5-32H2,1-4H3;1H/q+1;/p-1. The van der Waals surface area contributed by atoms with Crippen molar-refractivity contribution < 1.29 is 24.0 Å². The molecule has 0 saturated carbocycles. The molecule has 0 aromatic rings. The fourth-order valence-corrected chi connectivity index (χ4v) is 15.9. The van der Waals surface area contributed by atoms with Crippen molar-refractivity contribution in [3.05, 3.63) is 0 Å². The predicted molar refractivity (Wildman–Crippen MR) is 158 cm³/mol. The van der Waals surface area contributed by atoms with Crippen molar-refractivity contribution in [1.29, 1.82) is 0 Å². The number of unbranched alkanes of at least 4 members (excludes halogenated alkanes) is 20. The van der Waals surface area contributed by atoms with Gasteiger partial charge in [-0.25, -0.2) is 0 Å². The SMILES string of the molecule is CCCCCCCC[As+](CCCCCCCC)(CCCCCCCC)CCCCCCCC.[I-]. The van der Waals surface area contributed by atoms with Crippen LogP contribution in [0.3, 0.4) is 0 Å². The van der Waals surface area contributed by atoms with E-state index in [2.05, 4.69) is 27.7 Å². The van der Waals surface area contributed by atoms with E-state index in [9.17, 15) is 0 Å². The van der Waals surface area contributed by atoms with E-state index in [0.29, 0.717) is 0 Å². The van der Waals surface area contributed by atoms with Crippen LogP contribution in [0.4, 0.5) is 0 Å². The van der Waals surface area contributed by atoms with Crippen molar-refractivity contribution >= 4 is 13.6 Å². The second-order valence-electron chi connectivity index (χ2n) is 11.3. The fraction of sp³-hybridized carbons (Fsp3) is 1.00. The first-order valence-corrected chi connectivity index (χ1v) is 21.4. The number of halogens is 1. The molecular weight excluding hydrogens is 586 g/mol. The largest absolute Gasteiger partial charge is 1.00 e. The molecule has 34 heavy (non-hydrogen) atoms. The van der Waals surface area contributed by atoms with E-state index in [1.54, 1.807) is 46.5 Å². The van der Waals surface area contributed by atoms with E-state index >= 15 is 0 Å². The molecular formula is C32H68AsI. The molecule has 0 bridgehead atoms. The summed E-state index contributed by atoms with van der Waals surface area (Å²) in [4.78, 5) is 0. The molecule has 0 rings (SSSR count). The van der Waals surface area contributed by atoms with Gasteiger partial charge in [-0.1, -0.05) is 0 Å². The molecule has 0 aliphatic carbocycles. The zero-order valence-electron chi connectivity index (χ0n) is 24.6. The summed E-state index contributed by atoms with van der Waals surface area (Å²) in [5.74, 6) is 0. The summed E-state index contributed by atoms with van der Waals surface area (Å²) >= 11 is -1.49. The van der Waals surface area contributed by atoms with Gasteiger partial charge in [0.1, 0.15) is 0 Å². The maximum absolute atomic E-state index is 2.35. The first-order chi connectivity index (χ1) is 16.2. The third kappa shape index (κ3) is 25.0. The molecule has 0 fully saturated rings. The zero-order valence-corrected chi connectivity index (χ0v) is 28.7. The van der Waals surface area contributed by atoms with E-state index in [0.717, 1.165) is 0 Å². The second-order valence-corrected chi connectivity index (χ2v) is 20.7. The number of hydrogen-bond donors (Lipinski definition) is 0. The Balaban J connectivity index is 0. The summed E-state index contributed by atoms with van der Waals surface area (Å²) in [6.07, 6.45) is 35.8. The Hall–Kier alpha value is 1.29. The molecule has 0 unspecified atom stereocenters. The van der Waals surface area contributed by atoms with Gasteiger partial charge >= 0.3 is 216 Å². The van der Waals surface area contributed by atoms with Crippen LogP contribution in [0.25, 0.3) is 0 Å². The van der Waals surface area contributed by atoms with Crippen LogP contribution in [0.5, 0.6) is 0 Å². The van der Waals surface area contributed by atoms with Crippen molar-refractivity contribution in [2.45, 2.75) is 203 Å². The molecule has 0 radical (unpaired) electrons. The summed E-state index contributed by atoms with van der Waals surface area (Å²) in [5.41, 5.74) is 0. The third-order valence-corrected chi connectivity index (χ3v) is 18.6. The molecule has 0 atom stereocenters. The van der Waals surface area contributed by atoms with E-state index < -0.39 is 13.6 Å². The van der Waals surface area contributed by atoms with Crippen LogP contribution in [0, 0.1) is 0 Å². The van der Waals surface area contributed by atoms with Crippen LogP contribution in [-0.2, 0) is 0 Å². The van der Waals surface area contributed by atoms with Crippen LogP contribution >= 0.6 is 0 Å². The van der Waals surface area contributed by atoms with Crippen LogP contribution in [0.15, 0.2) is 0 Å². The molecule has 0 nitrogen and oxygen atoms in total. The first-order valence-electron chi connectivity index (χ1n) is 16.1. The molecule has 0 aromatic carbocycles. The van der Waals surface area contributed by atoms with Crippen molar-refractivity contribution in [2.75, 3.05) is 0 Å². The fourth-order valence-electron chi connectivity index (χ4n) is 5.58. The van der Waals surface area contributed by atoms with E-state index in [4.69, 9.17) is 0 Å². The summed E-state index contributed by atoms with van der Waals surface area (Å²) in [6, 6.07) is 0. The van der Waals surface area contributed by atoms with Gasteiger partial charge in [0.25, 0.3) is 0 Å². The van der Waals surface area contributed by atoms with Gasteiger partial charge in [-0.05, 0) is 0 Å². The molecule has 208 valence electrons. The summed E-state index contributed by atoms with van der Waals surface area (Å²) in [7, 11) is 0. The van der Waals surface area contributed by atoms with Gasteiger partial charge in [0.2, 0.25) is 0 Å². The van der Waals surface area contributed by atoms with Crippen molar-refractivity contribution in [2.24, 2.45) is 0 Å². The Morgan fingerprint density at radius 1 is 0.265 bits per heavy atom. The Morgan fingerprint density at radius 2 is 0.441 bits per heavy atom. The summed E-state index contributed by atoms with van der Waals surface area (Å²) in [5, 5.41) is 6.85. The van der Waals surface area contributed by atoms with Crippen molar-refractivity contribution in [1.82, 2.24) is 0 Å². The monoisotopic (exact) mass is 654 g/mol. The number of hydrogen-bond acceptors (Lipinski definition) is 0. The average molecular weight is 655 g/mol. The zero-order chi connectivity index (χ0) is 24.3. The maximum atomic E-state index is 2.35. The second kappa shape index (κ2) is 30.5. The molecule has 2 heteroatoms. The minimum Gasteiger partial charge on any atom is -1.00 e. The molecule has 0 N–H and O–H groups in total. The topological polar surface area (TPSA) is 0 Å². The molecule has 0 heterocycles. The van der Waals surface area contributed by atoms with E-state index in [-0.39, 0.29) is 24.0 Å². The maximum Gasteiger partial charge on any atom is -1.00 e. The van der Waals surface area contributed by atoms with Gasteiger partial charge in [0, 0.05) is 0 Å². The van der Waals surface area contributed by atoms with Gasteiger partial charge in [-0.15, -0.1) is 0 Å². The predicted octanol–water partition coefficient (Wildman–Crippen LogP) is 9.88. The quantitative estimate of drug-likeness (QED) is 0.0448. The van der Waals surface area contributed by atoms with Crippen molar-refractivity contribution in [3.63, 3.8) is 0 Å². The van der Waals surface area contributed by atoms with Gasteiger partial charge in [0.15, 0.2) is 0 Å². The van der Waals surface area contributed by atoms with E-state index in [1.807, 2.05) is 0 Å². The third-order valence-electron chi connectivity index (χ3n) is 7.94. The average Bonchev–Trinajstić information content (AvgIpc) is 2.83. The molecule has 0 aliphatic rings. The normalized spacial score (nSPS) is 11.6. The summed E-state index contributed by atoms with van der Waals surface area (Å²) < 4.78 is 0. The summed E-state index contributed by atoms with van der Waals surface area (Å²) in [6.45, 7) is 9.39. The molecule has 0 saturated heterocycles. The number of rotatable bonds is 28. The Kier molecular flexibility index (Phi) is 33.6. The smallest absolute Gasteiger partial charge is 1.00 e. The minimum atomic E-state index is -1.49. The van der Waals surface area contributed by atoms with Gasteiger partial charge < -0.3 is 24.0 Å². The van der Waals surface area contributed by atoms with Crippen LogP contribution in [0.2, 0.25) is 20.8 Å². The molecule has 0 aromatic heterocycles. The molecule has 0 aliphatic heterocycles. The van der Waals surface area contributed by atoms with Crippen molar-refractivity contribution in [3.8, 4) is 0 Å². The molecule has 0 amide bonds. The molecule has 0 spiro atoms.